The number of hydrogen-bond donors (Lipinski definition) is 1. The first kappa shape index (κ1) is 12.6. The summed E-state index contributed by atoms with van der Waals surface area (Å²) in [4.78, 5) is 4.45. The highest BCUT2D eigenvalue weighted by Gasteiger charge is 2.64. The second-order valence-electron chi connectivity index (χ2n) is 6.70. The Morgan fingerprint density at radius 3 is 3.20 bits per heavy atom. The van der Waals surface area contributed by atoms with Crippen LogP contribution in [0.15, 0.2) is 18.5 Å². The molecule has 0 radical (unpaired) electrons. The number of piperidine rings is 1. The zero-order valence-corrected chi connectivity index (χ0v) is 12.3. The summed E-state index contributed by atoms with van der Waals surface area (Å²) in [5.74, 6) is 1.83. The lowest BCUT2D eigenvalue weighted by Gasteiger charge is -2.46. The van der Waals surface area contributed by atoms with Crippen LogP contribution in [0.2, 0.25) is 0 Å². The standard InChI is InChI=1S/C16H24N3O/c1-2-20-15-7-14(9-18-10-15)19-6-3-13(11-19)8-16(19)4-5-17-12-16/h7,9-10,13,17H,2-6,8,11-12H2,1H3/q+1. The fraction of sp³-hybridized carbons (Fsp3) is 0.688. The average molecular weight is 274 g/mol. The molecule has 4 heteroatoms. The van der Waals surface area contributed by atoms with Gasteiger partial charge >= 0.3 is 0 Å². The molecule has 1 spiro atoms. The van der Waals surface area contributed by atoms with Crippen LogP contribution in [-0.4, -0.2) is 43.3 Å². The summed E-state index contributed by atoms with van der Waals surface area (Å²) in [5.41, 5.74) is 1.80. The first-order valence-corrected chi connectivity index (χ1v) is 7.94. The Bertz CT molecular complexity index is 512. The van der Waals surface area contributed by atoms with E-state index in [9.17, 15) is 0 Å². The summed E-state index contributed by atoms with van der Waals surface area (Å²) >= 11 is 0. The van der Waals surface area contributed by atoms with E-state index < -0.39 is 0 Å². The van der Waals surface area contributed by atoms with Gasteiger partial charge in [-0.25, -0.2) is 0 Å². The molecule has 1 N–H and O–H groups in total. The summed E-state index contributed by atoms with van der Waals surface area (Å²) in [7, 11) is 0. The van der Waals surface area contributed by atoms with Crippen molar-refractivity contribution in [2.75, 3.05) is 32.8 Å². The van der Waals surface area contributed by atoms with E-state index >= 15 is 0 Å². The number of ether oxygens (including phenoxy) is 1. The van der Waals surface area contributed by atoms with Gasteiger partial charge in [-0.1, -0.05) is 0 Å². The van der Waals surface area contributed by atoms with Gasteiger partial charge in [0.05, 0.1) is 38.6 Å². The molecule has 3 aliphatic heterocycles. The molecular formula is C16H24N3O+. The maximum absolute atomic E-state index is 5.67. The highest BCUT2D eigenvalue weighted by Crippen LogP contribution is 2.53. The zero-order valence-electron chi connectivity index (χ0n) is 12.3. The number of nitrogens with one attached hydrogen (secondary N) is 1. The van der Waals surface area contributed by atoms with Gasteiger partial charge in [0.2, 0.25) is 0 Å². The highest BCUT2D eigenvalue weighted by atomic mass is 16.5. The fourth-order valence-corrected chi connectivity index (χ4v) is 5.00. The van der Waals surface area contributed by atoms with E-state index in [1.54, 1.807) is 0 Å². The Morgan fingerprint density at radius 2 is 2.45 bits per heavy atom. The van der Waals surface area contributed by atoms with Crippen molar-refractivity contribution in [3.05, 3.63) is 18.5 Å². The van der Waals surface area contributed by atoms with Crippen LogP contribution in [0.5, 0.6) is 5.75 Å². The Hall–Kier alpha value is -1.13. The van der Waals surface area contributed by atoms with E-state index in [4.69, 9.17) is 4.74 Å². The maximum atomic E-state index is 5.67. The van der Waals surface area contributed by atoms with Crippen molar-refractivity contribution in [2.24, 2.45) is 5.92 Å². The van der Waals surface area contributed by atoms with Crippen LogP contribution in [0, 0.1) is 5.92 Å². The number of pyridine rings is 1. The highest BCUT2D eigenvalue weighted by molar-refractivity contribution is 5.50. The van der Waals surface area contributed by atoms with Crippen molar-refractivity contribution in [2.45, 2.75) is 31.7 Å². The molecule has 20 heavy (non-hydrogen) atoms. The Labute approximate surface area is 120 Å². The largest absolute Gasteiger partial charge is 0.492 e. The predicted molar refractivity (Wildman–Crippen MR) is 79.9 cm³/mol. The van der Waals surface area contributed by atoms with Crippen LogP contribution in [0.3, 0.4) is 0 Å². The third kappa shape index (κ3) is 1.58. The smallest absolute Gasteiger partial charge is 0.155 e. The summed E-state index contributed by atoms with van der Waals surface area (Å²) in [5, 5.41) is 3.61. The van der Waals surface area contributed by atoms with Gasteiger partial charge in [0.15, 0.2) is 5.69 Å². The monoisotopic (exact) mass is 274 g/mol. The predicted octanol–water partition coefficient (Wildman–Crippen LogP) is 1.94. The molecule has 4 heterocycles. The van der Waals surface area contributed by atoms with Crippen LogP contribution >= 0.6 is 0 Å². The van der Waals surface area contributed by atoms with Crippen LogP contribution < -0.4 is 14.5 Å². The van der Waals surface area contributed by atoms with E-state index in [2.05, 4.69) is 22.6 Å². The number of quaternary nitrogens is 1. The molecule has 0 amide bonds. The Balaban J connectivity index is 1.76. The van der Waals surface area contributed by atoms with E-state index in [0.29, 0.717) is 12.1 Å². The summed E-state index contributed by atoms with van der Waals surface area (Å²) < 4.78 is 6.82. The molecule has 3 unspecified atom stereocenters. The van der Waals surface area contributed by atoms with Crippen molar-refractivity contribution >= 4 is 5.69 Å². The van der Waals surface area contributed by atoms with Gasteiger partial charge in [0.25, 0.3) is 0 Å². The van der Waals surface area contributed by atoms with Gasteiger partial charge in [0, 0.05) is 37.8 Å². The topological polar surface area (TPSA) is 34.1 Å². The Morgan fingerprint density at radius 1 is 1.50 bits per heavy atom. The molecule has 1 aromatic rings. The summed E-state index contributed by atoms with van der Waals surface area (Å²) in [6.07, 6.45) is 7.99. The van der Waals surface area contributed by atoms with Crippen LogP contribution in [-0.2, 0) is 0 Å². The number of rotatable bonds is 3. The molecule has 2 bridgehead atoms. The van der Waals surface area contributed by atoms with Crippen molar-refractivity contribution in [3.8, 4) is 5.75 Å². The molecule has 0 aliphatic carbocycles. The molecule has 4 nitrogen and oxygen atoms in total. The third-order valence-corrected chi connectivity index (χ3v) is 5.79. The van der Waals surface area contributed by atoms with E-state index in [0.717, 1.165) is 16.2 Å². The van der Waals surface area contributed by atoms with Gasteiger partial charge in [-0.2, -0.15) is 0 Å². The molecule has 4 rings (SSSR count). The first-order chi connectivity index (χ1) is 9.78. The lowest BCUT2D eigenvalue weighted by molar-refractivity contribution is 0.155. The van der Waals surface area contributed by atoms with Gasteiger partial charge < -0.3 is 10.1 Å². The van der Waals surface area contributed by atoms with E-state index in [1.807, 2.05) is 13.1 Å². The number of fused-ring (bicyclic) bond motifs is 3. The SMILES string of the molecule is CCOc1cncc([N+]23CCC(CC24CCNC4)C3)c1. The molecule has 3 aliphatic rings. The second kappa shape index (κ2) is 4.43. The van der Waals surface area contributed by atoms with Gasteiger partial charge in [-0.05, 0) is 6.92 Å². The average Bonchev–Trinajstić information content (AvgIpc) is 3.16. The quantitative estimate of drug-likeness (QED) is 0.855. The lowest BCUT2D eigenvalue weighted by atomic mass is 9.85. The minimum absolute atomic E-state index is 0.426. The van der Waals surface area contributed by atoms with Gasteiger partial charge in [-0.15, -0.1) is 0 Å². The fourth-order valence-electron chi connectivity index (χ4n) is 5.00. The van der Waals surface area contributed by atoms with E-state index in [1.165, 1.54) is 51.1 Å². The molecule has 0 aromatic carbocycles. The van der Waals surface area contributed by atoms with Crippen molar-refractivity contribution in [3.63, 3.8) is 0 Å². The number of nitrogens with zero attached hydrogens (tertiary/aromatic N) is 2. The van der Waals surface area contributed by atoms with Gasteiger partial charge in [0.1, 0.15) is 11.3 Å². The molecule has 108 valence electrons. The van der Waals surface area contributed by atoms with Crippen LogP contribution in [0.4, 0.5) is 5.69 Å². The minimum Gasteiger partial charge on any atom is -0.492 e. The first-order valence-electron chi connectivity index (χ1n) is 7.94. The lowest BCUT2D eigenvalue weighted by Crippen LogP contribution is -2.63. The maximum Gasteiger partial charge on any atom is 0.155 e. The molecule has 3 fully saturated rings. The minimum atomic E-state index is 0.426. The van der Waals surface area contributed by atoms with Crippen molar-refractivity contribution in [1.82, 2.24) is 14.8 Å². The molecule has 1 aromatic heterocycles. The molecule has 0 saturated carbocycles. The Kier molecular flexibility index (Phi) is 2.79. The number of hydrogen-bond acceptors (Lipinski definition) is 3. The third-order valence-electron chi connectivity index (χ3n) is 5.79. The zero-order chi connectivity index (χ0) is 13.6. The van der Waals surface area contributed by atoms with E-state index in [-0.39, 0.29) is 0 Å². The van der Waals surface area contributed by atoms with Gasteiger partial charge in [-0.3, -0.25) is 9.47 Å². The normalized spacial score (nSPS) is 38.8. The van der Waals surface area contributed by atoms with Crippen molar-refractivity contribution in [1.29, 1.82) is 0 Å². The summed E-state index contributed by atoms with van der Waals surface area (Å²) in [6.45, 7) is 7.67. The van der Waals surface area contributed by atoms with Crippen molar-refractivity contribution < 1.29 is 4.74 Å². The van der Waals surface area contributed by atoms with Crippen LogP contribution in [0.25, 0.3) is 0 Å². The molecular weight excluding hydrogens is 250 g/mol. The second-order valence-corrected chi connectivity index (χ2v) is 6.70. The summed E-state index contributed by atoms with van der Waals surface area (Å²) in [6, 6.07) is 2.24. The molecule has 3 atom stereocenters. The molecule has 3 saturated heterocycles. The van der Waals surface area contributed by atoms with Crippen LogP contribution in [0.1, 0.15) is 26.2 Å². The number of aromatic nitrogens is 1.